The van der Waals surface area contributed by atoms with E-state index in [1.54, 1.807) is 13.8 Å². The van der Waals surface area contributed by atoms with E-state index in [-0.39, 0.29) is 18.0 Å². The minimum Gasteiger partial charge on any atom is -0.481 e. The Labute approximate surface area is 102 Å². The van der Waals surface area contributed by atoms with E-state index in [9.17, 15) is 9.59 Å². The predicted molar refractivity (Wildman–Crippen MR) is 64.6 cm³/mol. The highest BCUT2D eigenvalue weighted by Crippen LogP contribution is 2.16. The molecule has 17 heavy (non-hydrogen) atoms. The molecule has 3 N–H and O–H groups in total. The summed E-state index contributed by atoms with van der Waals surface area (Å²) in [5.41, 5.74) is 0. The van der Waals surface area contributed by atoms with Crippen molar-refractivity contribution in [1.82, 2.24) is 10.6 Å². The highest BCUT2D eigenvalue weighted by atomic mass is 16.4. The maximum absolute atomic E-state index is 12.0. The van der Waals surface area contributed by atoms with Gasteiger partial charge in [0, 0.05) is 6.04 Å². The van der Waals surface area contributed by atoms with Crippen molar-refractivity contribution in [2.45, 2.75) is 45.7 Å². The number of aliphatic carboxylic acids is 1. The molecule has 5 heteroatoms. The fraction of sp³-hybridized carbons (Fsp3) is 0.833. The zero-order chi connectivity index (χ0) is 13.0. The smallest absolute Gasteiger partial charge is 0.308 e. The number of carboxylic acid groups (broad SMARTS) is 1. The molecular formula is C12H22N2O3. The van der Waals surface area contributed by atoms with Gasteiger partial charge in [0.05, 0.1) is 12.0 Å². The number of hydrogen-bond acceptors (Lipinski definition) is 3. The maximum Gasteiger partial charge on any atom is 0.308 e. The SMILES string of the molecule is CC1CCCNC1C(=O)NC(C)C(C)C(=O)O. The monoisotopic (exact) mass is 242 g/mol. The van der Waals surface area contributed by atoms with Crippen LogP contribution < -0.4 is 10.6 Å². The summed E-state index contributed by atoms with van der Waals surface area (Å²) in [4.78, 5) is 22.8. The number of carboxylic acids is 1. The third-order valence-corrected chi connectivity index (χ3v) is 3.56. The van der Waals surface area contributed by atoms with Gasteiger partial charge in [-0.15, -0.1) is 0 Å². The largest absolute Gasteiger partial charge is 0.481 e. The first-order valence-corrected chi connectivity index (χ1v) is 6.20. The van der Waals surface area contributed by atoms with Crippen molar-refractivity contribution < 1.29 is 14.7 Å². The molecule has 0 aromatic heterocycles. The van der Waals surface area contributed by atoms with Gasteiger partial charge in [-0.25, -0.2) is 0 Å². The zero-order valence-electron chi connectivity index (χ0n) is 10.7. The molecule has 1 aliphatic rings. The third kappa shape index (κ3) is 3.70. The molecule has 1 amide bonds. The topological polar surface area (TPSA) is 78.4 Å². The van der Waals surface area contributed by atoms with Crippen molar-refractivity contribution in [3.8, 4) is 0 Å². The number of amides is 1. The number of carbonyl (C=O) groups excluding carboxylic acids is 1. The lowest BCUT2D eigenvalue weighted by Gasteiger charge is -2.30. The van der Waals surface area contributed by atoms with Gasteiger partial charge in [-0.05, 0) is 39.2 Å². The summed E-state index contributed by atoms with van der Waals surface area (Å²) < 4.78 is 0. The number of rotatable bonds is 4. The van der Waals surface area contributed by atoms with E-state index >= 15 is 0 Å². The molecule has 1 heterocycles. The first-order chi connectivity index (χ1) is 7.93. The number of hydrogen-bond donors (Lipinski definition) is 3. The fourth-order valence-electron chi connectivity index (χ4n) is 2.05. The number of carbonyl (C=O) groups is 2. The van der Waals surface area contributed by atoms with Crippen LogP contribution in [0, 0.1) is 11.8 Å². The third-order valence-electron chi connectivity index (χ3n) is 3.56. The van der Waals surface area contributed by atoms with Crippen molar-refractivity contribution in [3.63, 3.8) is 0 Å². The highest BCUT2D eigenvalue weighted by molar-refractivity contribution is 5.83. The Morgan fingerprint density at radius 3 is 2.59 bits per heavy atom. The highest BCUT2D eigenvalue weighted by Gasteiger charge is 2.29. The van der Waals surface area contributed by atoms with Gasteiger partial charge in [0.25, 0.3) is 0 Å². The van der Waals surface area contributed by atoms with Crippen LogP contribution in [0.1, 0.15) is 33.6 Å². The molecule has 0 aromatic rings. The first kappa shape index (κ1) is 14.0. The van der Waals surface area contributed by atoms with Crippen molar-refractivity contribution in [3.05, 3.63) is 0 Å². The molecule has 0 saturated carbocycles. The fourth-order valence-corrected chi connectivity index (χ4v) is 2.05. The van der Waals surface area contributed by atoms with Crippen molar-refractivity contribution >= 4 is 11.9 Å². The molecule has 0 radical (unpaired) electrons. The van der Waals surface area contributed by atoms with Crippen LogP contribution in [-0.2, 0) is 9.59 Å². The molecule has 0 aliphatic carbocycles. The summed E-state index contributed by atoms with van der Waals surface area (Å²) in [6.45, 7) is 6.22. The lowest BCUT2D eigenvalue weighted by Crippen LogP contribution is -2.54. The molecule has 0 spiro atoms. The van der Waals surface area contributed by atoms with Crippen molar-refractivity contribution in [2.24, 2.45) is 11.8 Å². The van der Waals surface area contributed by atoms with Gasteiger partial charge < -0.3 is 15.7 Å². The number of piperidine rings is 1. The van der Waals surface area contributed by atoms with Crippen LogP contribution in [0.5, 0.6) is 0 Å². The van der Waals surface area contributed by atoms with E-state index in [0.29, 0.717) is 5.92 Å². The van der Waals surface area contributed by atoms with Crippen LogP contribution in [0.4, 0.5) is 0 Å². The minimum atomic E-state index is -0.887. The lowest BCUT2D eigenvalue weighted by atomic mass is 9.91. The summed E-state index contributed by atoms with van der Waals surface area (Å²) in [6.07, 6.45) is 2.12. The zero-order valence-corrected chi connectivity index (χ0v) is 10.7. The van der Waals surface area contributed by atoms with Gasteiger partial charge >= 0.3 is 5.97 Å². The van der Waals surface area contributed by atoms with Gasteiger partial charge in [-0.1, -0.05) is 6.92 Å². The molecular weight excluding hydrogens is 220 g/mol. The second kappa shape index (κ2) is 6.00. The van der Waals surface area contributed by atoms with Crippen LogP contribution >= 0.6 is 0 Å². The van der Waals surface area contributed by atoms with Gasteiger partial charge in [-0.2, -0.15) is 0 Å². The van der Waals surface area contributed by atoms with Crippen LogP contribution in [0.15, 0.2) is 0 Å². The van der Waals surface area contributed by atoms with E-state index in [4.69, 9.17) is 5.11 Å². The average Bonchev–Trinajstić information content (AvgIpc) is 2.28. The molecule has 5 nitrogen and oxygen atoms in total. The summed E-state index contributed by atoms with van der Waals surface area (Å²) in [5.74, 6) is -1.24. The van der Waals surface area contributed by atoms with E-state index in [1.165, 1.54) is 0 Å². The number of nitrogens with one attached hydrogen (secondary N) is 2. The van der Waals surface area contributed by atoms with Gasteiger partial charge in [-0.3, -0.25) is 9.59 Å². The second-order valence-corrected chi connectivity index (χ2v) is 4.98. The predicted octanol–water partition coefficient (Wildman–Crippen LogP) is 0.600. The Morgan fingerprint density at radius 1 is 1.41 bits per heavy atom. The van der Waals surface area contributed by atoms with Crippen molar-refractivity contribution in [1.29, 1.82) is 0 Å². The molecule has 1 rings (SSSR count). The van der Waals surface area contributed by atoms with Crippen LogP contribution in [0.2, 0.25) is 0 Å². The van der Waals surface area contributed by atoms with Gasteiger partial charge in [0.15, 0.2) is 0 Å². The maximum atomic E-state index is 12.0. The molecule has 1 aliphatic heterocycles. The molecule has 98 valence electrons. The molecule has 4 unspecified atom stereocenters. The minimum absolute atomic E-state index is 0.0854. The van der Waals surface area contributed by atoms with Crippen LogP contribution in [0.25, 0.3) is 0 Å². The van der Waals surface area contributed by atoms with E-state index in [1.807, 2.05) is 6.92 Å². The molecule has 0 aromatic carbocycles. The normalized spacial score (nSPS) is 28.2. The Morgan fingerprint density at radius 2 is 2.06 bits per heavy atom. The van der Waals surface area contributed by atoms with Crippen LogP contribution in [-0.4, -0.2) is 35.6 Å². The summed E-state index contributed by atoms with van der Waals surface area (Å²) in [5, 5.41) is 14.8. The Balaban J connectivity index is 2.50. The lowest BCUT2D eigenvalue weighted by molar-refractivity contribution is -0.142. The quantitative estimate of drug-likeness (QED) is 0.674. The van der Waals surface area contributed by atoms with Gasteiger partial charge in [0.1, 0.15) is 0 Å². The van der Waals surface area contributed by atoms with E-state index < -0.39 is 11.9 Å². The summed E-state index contributed by atoms with van der Waals surface area (Å²) in [7, 11) is 0. The standard InChI is InChI=1S/C12H22N2O3/c1-7-5-4-6-13-10(7)11(15)14-9(3)8(2)12(16)17/h7-10,13H,4-6H2,1-3H3,(H,14,15)(H,16,17). The van der Waals surface area contributed by atoms with E-state index in [2.05, 4.69) is 10.6 Å². The molecule has 0 bridgehead atoms. The summed E-state index contributed by atoms with van der Waals surface area (Å²) >= 11 is 0. The van der Waals surface area contributed by atoms with Gasteiger partial charge in [0.2, 0.25) is 5.91 Å². The molecule has 4 atom stereocenters. The van der Waals surface area contributed by atoms with E-state index in [0.717, 1.165) is 19.4 Å². The second-order valence-electron chi connectivity index (χ2n) is 4.98. The Bertz CT molecular complexity index is 293. The Kier molecular flexibility index (Phi) is 4.93. The summed E-state index contributed by atoms with van der Waals surface area (Å²) in [6, 6.07) is -0.539. The average molecular weight is 242 g/mol. The van der Waals surface area contributed by atoms with Crippen LogP contribution in [0.3, 0.4) is 0 Å². The van der Waals surface area contributed by atoms with Crippen molar-refractivity contribution in [2.75, 3.05) is 6.54 Å². The Hall–Kier alpha value is -1.10. The molecule has 1 saturated heterocycles. The first-order valence-electron chi connectivity index (χ1n) is 6.20. The molecule has 1 fully saturated rings.